The lowest BCUT2D eigenvalue weighted by Gasteiger charge is -2.28. The fraction of sp³-hybridized carbons (Fsp3) is 0.769. The van der Waals surface area contributed by atoms with Crippen LogP contribution in [0, 0.1) is 5.41 Å². The van der Waals surface area contributed by atoms with E-state index in [9.17, 15) is 19.5 Å². The molecule has 1 aliphatic heterocycles. The van der Waals surface area contributed by atoms with Gasteiger partial charge in [0.2, 0.25) is 5.91 Å². The van der Waals surface area contributed by atoms with E-state index in [2.05, 4.69) is 10.6 Å². The molecule has 0 atom stereocenters. The Hall–Kier alpha value is -1.79. The van der Waals surface area contributed by atoms with Crippen LogP contribution in [0.15, 0.2) is 0 Å². The molecule has 1 heterocycles. The topological polar surface area (TPSA) is 98.7 Å². The van der Waals surface area contributed by atoms with Crippen LogP contribution in [0.5, 0.6) is 0 Å². The molecule has 0 aromatic carbocycles. The Balaban J connectivity index is 2.61. The molecule has 1 aliphatic rings. The van der Waals surface area contributed by atoms with Crippen LogP contribution in [0.25, 0.3) is 0 Å². The predicted molar refractivity (Wildman–Crippen MR) is 73.2 cm³/mol. The molecule has 3 N–H and O–H groups in total. The van der Waals surface area contributed by atoms with Gasteiger partial charge in [-0.25, -0.2) is 4.79 Å². The third-order valence-electron chi connectivity index (χ3n) is 3.93. The first-order chi connectivity index (χ1) is 9.45. The number of carboxylic acids is 1. The molecule has 0 saturated carbocycles. The highest BCUT2D eigenvalue weighted by Crippen LogP contribution is 2.25. The molecule has 0 aromatic rings. The fourth-order valence-electron chi connectivity index (χ4n) is 2.21. The van der Waals surface area contributed by atoms with Gasteiger partial charge in [-0.15, -0.1) is 0 Å². The number of hydrogen-bond donors (Lipinski definition) is 3. The molecule has 114 valence electrons. The minimum Gasteiger partial charge on any atom is -0.481 e. The number of carboxylic acid groups (broad SMARTS) is 1. The first kappa shape index (κ1) is 16.3. The number of rotatable bonds is 5. The fourth-order valence-corrected chi connectivity index (χ4v) is 2.21. The maximum Gasteiger partial charge on any atom is 0.317 e. The zero-order chi connectivity index (χ0) is 15.2. The Kier molecular flexibility index (Phi) is 5.79. The summed E-state index contributed by atoms with van der Waals surface area (Å²) in [5.41, 5.74) is -0.941. The Bertz CT molecular complexity index is 380. The summed E-state index contributed by atoms with van der Waals surface area (Å²) < 4.78 is 0. The van der Waals surface area contributed by atoms with Crippen molar-refractivity contribution in [2.75, 3.05) is 26.2 Å². The molecule has 0 bridgehead atoms. The van der Waals surface area contributed by atoms with Crippen LogP contribution in [-0.4, -0.2) is 54.1 Å². The van der Waals surface area contributed by atoms with Gasteiger partial charge in [0.15, 0.2) is 0 Å². The van der Waals surface area contributed by atoms with Crippen LogP contribution >= 0.6 is 0 Å². The number of amides is 3. The molecule has 0 aliphatic carbocycles. The summed E-state index contributed by atoms with van der Waals surface area (Å²) in [5, 5.41) is 14.6. The quantitative estimate of drug-likeness (QED) is 0.681. The van der Waals surface area contributed by atoms with Crippen molar-refractivity contribution in [1.82, 2.24) is 15.5 Å². The molecule has 3 amide bonds. The highest BCUT2D eigenvalue weighted by atomic mass is 16.4. The lowest BCUT2D eigenvalue weighted by atomic mass is 9.82. The predicted octanol–water partition coefficient (Wildman–Crippen LogP) is 0.409. The third kappa shape index (κ3) is 3.85. The molecular formula is C13H23N3O4. The first-order valence-electron chi connectivity index (χ1n) is 6.98. The van der Waals surface area contributed by atoms with E-state index in [4.69, 9.17) is 0 Å². The van der Waals surface area contributed by atoms with E-state index >= 15 is 0 Å². The molecule has 0 spiro atoms. The van der Waals surface area contributed by atoms with Crippen LogP contribution in [0.3, 0.4) is 0 Å². The summed E-state index contributed by atoms with van der Waals surface area (Å²) >= 11 is 0. The number of aliphatic carboxylic acids is 1. The number of carbonyl (C=O) groups is 3. The molecule has 1 saturated heterocycles. The van der Waals surface area contributed by atoms with Gasteiger partial charge in [0.05, 0.1) is 5.41 Å². The minimum absolute atomic E-state index is 0.0180. The maximum atomic E-state index is 12.0. The summed E-state index contributed by atoms with van der Waals surface area (Å²) in [6.07, 6.45) is 1.59. The van der Waals surface area contributed by atoms with E-state index < -0.39 is 11.4 Å². The van der Waals surface area contributed by atoms with E-state index in [1.807, 2.05) is 0 Å². The van der Waals surface area contributed by atoms with Crippen molar-refractivity contribution in [1.29, 1.82) is 0 Å². The van der Waals surface area contributed by atoms with Gasteiger partial charge in [0.25, 0.3) is 0 Å². The SMILES string of the molecule is CCC(CC)(CNC(=O)N1CCCNC(=O)C1)C(=O)O. The first-order valence-corrected chi connectivity index (χ1v) is 6.98. The van der Waals surface area contributed by atoms with Crippen molar-refractivity contribution < 1.29 is 19.5 Å². The Morgan fingerprint density at radius 2 is 2.05 bits per heavy atom. The van der Waals surface area contributed by atoms with Gasteiger partial charge in [-0.3, -0.25) is 9.59 Å². The number of nitrogens with one attached hydrogen (secondary N) is 2. The largest absolute Gasteiger partial charge is 0.481 e. The molecule has 20 heavy (non-hydrogen) atoms. The number of nitrogens with zero attached hydrogens (tertiary/aromatic N) is 1. The average molecular weight is 285 g/mol. The van der Waals surface area contributed by atoms with Crippen molar-refractivity contribution in [3.8, 4) is 0 Å². The van der Waals surface area contributed by atoms with Crippen molar-refractivity contribution in [2.24, 2.45) is 5.41 Å². The summed E-state index contributed by atoms with van der Waals surface area (Å²) in [4.78, 5) is 36.2. The van der Waals surface area contributed by atoms with Crippen molar-refractivity contribution >= 4 is 17.9 Å². The van der Waals surface area contributed by atoms with Crippen molar-refractivity contribution in [3.63, 3.8) is 0 Å². The maximum absolute atomic E-state index is 12.0. The van der Waals surface area contributed by atoms with Crippen molar-refractivity contribution in [2.45, 2.75) is 33.1 Å². The molecular weight excluding hydrogens is 262 g/mol. The van der Waals surface area contributed by atoms with Gasteiger partial charge in [0, 0.05) is 19.6 Å². The Morgan fingerprint density at radius 3 is 2.60 bits per heavy atom. The van der Waals surface area contributed by atoms with Gasteiger partial charge in [-0.05, 0) is 19.3 Å². The van der Waals surface area contributed by atoms with Crippen LogP contribution in [-0.2, 0) is 9.59 Å². The van der Waals surface area contributed by atoms with Gasteiger partial charge in [0.1, 0.15) is 6.54 Å². The molecule has 1 fully saturated rings. The second-order valence-corrected chi connectivity index (χ2v) is 5.08. The number of urea groups is 1. The lowest BCUT2D eigenvalue weighted by Crippen LogP contribution is -2.48. The highest BCUT2D eigenvalue weighted by Gasteiger charge is 2.35. The van der Waals surface area contributed by atoms with E-state index in [0.717, 1.165) is 0 Å². The van der Waals surface area contributed by atoms with E-state index in [0.29, 0.717) is 32.4 Å². The summed E-state index contributed by atoms with van der Waals surface area (Å²) in [6.45, 7) is 4.73. The van der Waals surface area contributed by atoms with E-state index in [1.54, 1.807) is 13.8 Å². The second-order valence-electron chi connectivity index (χ2n) is 5.08. The normalized spacial score (nSPS) is 16.3. The van der Waals surface area contributed by atoms with E-state index in [1.165, 1.54) is 4.90 Å². The molecule has 7 nitrogen and oxygen atoms in total. The minimum atomic E-state index is -0.941. The smallest absolute Gasteiger partial charge is 0.317 e. The van der Waals surface area contributed by atoms with Gasteiger partial charge < -0.3 is 20.6 Å². The second kappa shape index (κ2) is 7.12. The van der Waals surface area contributed by atoms with Gasteiger partial charge in [-0.2, -0.15) is 0 Å². The Labute approximate surface area is 118 Å². The Morgan fingerprint density at radius 1 is 1.40 bits per heavy atom. The van der Waals surface area contributed by atoms with Gasteiger partial charge in [-0.1, -0.05) is 13.8 Å². The molecule has 0 aromatic heterocycles. The number of hydrogen-bond acceptors (Lipinski definition) is 3. The molecule has 0 radical (unpaired) electrons. The zero-order valence-electron chi connectivity index (χ0n) is 12.1. The van der Waals surface area contributed by atoms with Crippen LogP contribution in [0.1, 0.15) is 33.1 Å². The van der Waals surface area contributed by atoms with Crippen LogP contribution in [0.4, 0.5) is 4.79 Å². The highest BCUT2D eigenvalue weighted by molar-refractivity contribution is 5.84. The summed E-state index contributed by atoms with van der Waals surface area (Å²) in [7, 11) is 0. The van der Waals surface area contributed by atoms with Crippen LogP contribution < -0.4 is 10.6 Å². The van der Waals surface area contributed by atoms with E-state index in [-0.39, 0.29) is 25.0 Å². The van der Waals surface area contributed by atoms with Crippen LogP contribution in [0.2, 0.25) is 0 Å². The molecule has 0 unspecified atom stereocenters. The lowest BCUT2D eigenvalue weighted by molar-refractivity contribution is -0.149. The van der Waals surface area contributed by atoms with Gasteiger partial charge >= 0.3 is 12.0 Å². The standard InChI is InChI=1S/C13H23N3O4/c1-3-13(4-2,11(18)19)9-15-12(20)16-7-5-6-14-10(17)8-16/h3-9H2,1-2H3,(H,14,17)(H,15,20)(H,18,19). The average Bonchev–Trinajstić information content (AvgIpc) is 2.64. The third-order valence-corrected chi connectivity index (χ3v) is 3.93. The molecule has 1 rings (SSSR count). The summed E-state index contributed by atoms with van der Waals surface area (Å²) in [5.74, 6) is -1.09. The van der Waals surface area contributed by atoms with Crippen molar-refractivity contribution in [3.05, 3.63) is 0 Å². The summed E-state index contributed by atoms with van der Waals surface area (Å²) in [6, 6.07) is -0.380. The number of carbonyl (C=O) groups excluding carboxylic acids is 2. The zero-order valence-corrected chi connectivity index (χ0v) is 12.1. The molecule has 7 heteroatoms. The monoisotopic (exact) mass is 285 g/mol.